The van der Waals surface area contributed by atoms with Crippen molar-refractivity contribution in [2.24, 2.45) is 0 Å². The summed E-state index contributed by atoms with van der Waals surface area (Å²) in [6.45, 7) is 4.11. The molecule has 7 nitrogen and oxygen atoms in total. The van der Waals surface area contributed by atoms with E-state index in [2.05, 4.69) is 27.4 Å². The van der Waals surface area contributed by atoms with Crippen LogP contribution in [0, 0.1) is 0 Å². The number of nitrogens with one attached hydrogen (secondary N) is 2. The van der Waals surface area contributed by atoms with E-state index < -0.39 is 17.6 Å². The Morgan fingerprint density at radius 3 is 2.44 bits per heavy atom. The van der Waals surface area contributed by atoms with Crippen LogP contribution in [0.2, 0.25) is 5.02 Å². The van der Waals surface area contributed by atoms with Gasteiger partial charge in [0.15, 0.2) is 5.76 Å². The number of aromatic nitrogens is 2. The predicted octanol–water partition coefficient (Wildman–Crippen LogP) is 4.91. The van der Waals surface area contributed by atoms with Crippen LogP contribution in [0.4, 0.5) is 13.2 Å². The van der Waals surface area contributed by atoms with Gasteiger partial charge in [-0.25, -0.2) is 0 Å². The van der Waals surface area contributed by atoms with Crippen LogP contribution in [0.15, 0.2) is 65.3 Å². The Balaban J connectivity index is 1.28. The molecule has 34 heavy (non-hydrogen) atoms. The van der Waals surface area contributed by atoms with Gasteiger partial charge in [0.1, 0.15) is 5.75 Å². The smallest absolute Gasteiger partial charge is 0.416 e. The maximum Gasteiger partial charge on any atom is 0.416 e. The zero-order chi connectivity index (χ0) is 24.3. The van der Waals surface area contributed by atoms with E-state index in [9.17, 15) is 18.0 Å². The third kappa shape index (κ3) is 5.75. The minimum absolute atomic E-state index is 0.0393. The number of alkyl halides is 3. The average Bonchev–Trinajstić information content (AvgIpc) is 3.31. The molecule has 11 heteroatoms. The second kappa shape index (κ2) is 9.86. The second-order valence-electron chi connectivity index (χ2n) is 7.71. The van der Waals surface area contributed by atoms with Crippen molar-refractivity contribution in [3.8, 4) is 17.2 Å². The van der Waals surface area contributed by atoms with E-state index in [1.807, 2.05) is 0 Å². The fourth-order valence-electron chi connectivity index (χ4n) is 3.44. The lowest BCUT2D eigenvalue weighted by molar-refractivity contribution is -0.137. The number of halogens is 4. The number of ether oxygens (including phenoxy) is 1. The molecule has 1 aromatic heterocycles. The lowest BCUT2D eigenvalue weighted by atomic mass is 10.0. The van der Waals surface area contributed by atoms with Crippen molar-refractivity contribution in [1.82, 2.24) is 20.8 Å². The maximum absolute atomic E-state index is 12.7. The average molecular weight is 493 g/mol. The summed E-state index contributed by atoms with van der Waals surface area (Å²) in [4.78, 5) is 12.4. The second-order valence-corrected chi connectivity index (χ2v) is 8.14. The van der Waals surface area contributed by atoms with Gasteiger partial charge in [0, 0.05) is 23.2 Å². The highest BCUT2D eigenvalue weighted by atomic mass is 35.5. The molecule has 178 valence electrons. The Labute approximate surface area is 198 Å². The van der Waals surface area contributed by atoms with Crippen LogP contribution in [0.5, 0.6) is 5.75 Å². The van der Waals surface area contributed by atoms with Crippen molar-refractivity contribution < 1.29 is 27.1 Å². The Morgan fingerprint density at radius 1 is 1.12 bits per heavy atom. The Bertz CT molecular complexity index is 1160. The van der Waals surface area contributed by atoms with Crippen molar-refractivity contribution in [2.75, 3.05) is 6.54 Å². The Kier molecular flexibility index (Phi) is 6.90. The van der Waals surface area contributed by atoms with Gasteiger partial charge >= 0.3 is 6.18 Å². The summed E-state index contributed by atoms with van der Waals surface area (Å²) in [5.74, 6) is 0.448. The predicted molar refractivity (Wildman–Crippen MR) is 118 cm³/mol. The maximum atomic E-state index is 12.7. The Morgan fingerprint density at radius 2 is 1.82 bits per heavy atom. The summed E-state index contributed by atoms with van der Waals surface area (Å²) in [6, 6.07) is 10.7. The first-order valence-corrected chi connectivity index (χ1v) is 10.7. The van der Waals surface area contributed by atoms with Gasteiger partial charge in [-0.05, 0) is 61.4 Å². The van der Waals surface area contributed by atoms with Crippen LogP contribution in [-0.4, -0.2) is 28.7 Å². The molecule has 2 atom stereocenters. The first-order valence-electron chi connectivity index (χ1n) is 10.4. The number of carbonyl (C=O) groups is 1. The summed E-state index contributed by atoms with van der Waals surface area (Å²) < 4.78 is 49.3. The topological polar surface area (TPSA) is 89.3 Å². The molecule has 2 heterocycles. The van der Waals surface area contributed by atoms with E-state index in [1.54, 1.807) is 24.3 Å². The molecule has 0 bridgehead atoms. The zero-order valence-electron chi connectivity index (χ0n) is 17.7. The number of hydrogen-bond acceptors (Lipinski definition) is 6. The fraction of sp³-hybridized carbons (Fsp3) is 0.261. The molecular weight excluding hydrogens is 473 g/mol. The molecule has 0 saturated carbocycles. The monoisotopic (exact) mass is 492 g/mol. The molecule has 2 N–H and O–H groups in total. The van der Waals surface area contributed by atoms with E-state index in [1.165, 1.54) is 12.1 Å². The van der Waals surface area contributed by atoms with Crippen molar-refractivity contribution >= 4 is 17.5 Å². The summed E-state index contributed by atoms with van der Waals surface area (Å²) >= 11 is 5.83. The van der Waals surface area contributed by atoms with Gasteiger partial charge in [0.25, 0.3) is 5.91 Å². The molecule has 1 saturated heterocycles. The molecule has 1 fully saturated rings. The molecule has 0 radical (unpaired) electrons. The third-order valence-corrected chi connectivity index (χ3v) is 5.51. The van der Waals surface area contributed by atoms with Gasteiger partial charge in [0.05, 0.1) is 11.6 Å². The molecule has 1 amide bonds. The van der Waals surface area contributed by atoms with E-state index in [-0.39, 0.29) is 23.7 Å². The quantitative estimate of drug-likeness (QED) is 0.375. The van der Waals surface area contributed by atoms with Crippen molar-refractivity contribution in [3.05, 3.63) is 77.3 Å². The van der Waals surface area contributed by atoms with Crippen LogP contribution < -0.4 is 15.4 Å². The minimum Gasteiger partial charge on any atom is -0.452 e. The number of nitrogens with zero attached hydrogens (tertiary/aromatic N) is 2. The number of rotatable bonds is 6. The highest BCUT2D eigenvalue weighted by molar-refractivity contribution is 6.30. The summed E-state index contributed by atoms with van der Waals surface area (Å²) in [5.41, 5.74) is -0.355. The highest BCUT2D eigenvalue weighted by Gasteiger charge is 2.31. The minimum atomic E-state index is -4.41. The molecule has 1 aliphatic heterocycles. The summed E-state index contributed by atoms with van der Waals surface area (Å²) in [5, 5.41) is 14.6. The van der Waals surface area contributed by atoms with Crippen molar-refractivity contribution in [1.29, 1.82) is 0 Å². The standard InChI is InChI=1S/C23H20ClF3N4O3/c1-13(33-18-9-6-16(24)7-10-18)20(32)29-17-8-11-19(28-12-17)22-31-30-21(34-22)14-2-4-15(5-3-14)23(25,26)27/h2-7,9-10,17,19,28H,1,8,11-12H2,(H,29,32)/t17-,19+/m0/s1. The lowest BCUT2D eigenvalue weighted by Crippen LogP contribution is -2.47. The number of hydrogen-bond donors (Lipinski definition) is 2. The SMILES string of the molecule is C=C(Oc1ccc(Cl)cc1)C(=O)N[C@H]1CC[C@H](c2nnc(-c3ccc(C(F)(F)F)cc3)o2)NC1. The molecule has 1 aliphatic rings. The van der Waals surface area contributed by atoms with Gasteiger partial charge in [-0.15, -0.1) is 10.2 Å². The highest BCUT2D eigenvalue weighted by Crippen LogP contribution is 2.31. The van der Waals surface area contributed by atoms with E-state index in [0.717, 1.165) is 12.1 Å². The van der Waals surface area contributed by atoms with Crippen molar-refractivity contribution in [2.45, 2.75) is 31.1 Å². The summed E-state index contributed by atoms with van der Waals surface area (Å²) in [7, 11) is 0. The molecule has 0 spiro atoms. The molecule has 3 aromatic rings. The van der Waals surface area contributed by atoms with Gasteiger partial charge < -0.3 is 19.8 Å². The van der Waals surface area contributed by atoms with E-state index in [0.29, 0.717) is 41.6 Å². The van der Waals surface area contributed by atoms with Crippen molar-refractivity contribution in [3.63, 3.8) is 0 Å². The lowest BCUT2D eigenvalue weighted by Gasteiger charge is -2.28. The van der Waals surface area contributed by atoms with Gasteiger partial charge in [-0.1, -0.05) is 18.2 Å². The van der Waals surface area contributed by atoms with Crippen LogP contribution in [0.3, 0.4) is 0 Å². The first-order chi connectivity index (χ1) is 16.2. The zero-order valence-corrected chi connectivity index (χ0v) is 18.5. The number of amides is 1. The van der Waals surface area contributed by atoms with Gasteiger partial charge in [-0.3, -0.25) is 4.79 Å². The fourth-order valence-corrected chi connectivity index (χ4v) is 3.57. The van der Waals surface area contributed by atoms with Gasteiger partial charge in [-0.2, -0.15) is 13.2 Å². The number of benzene rings is 2. The number of piperidine rings is 1. The van der Waals surface area contributed by atoms with Gasteiger partial charge in [0.2, 0.25) is 11.8 Å². The molecule has 4 rings (SSSR count). The Hall–Kier alpha value is -3.37. The van der Waals surface area contributed by atoms with Crippen LogP contribution in [0.25, 0.3) is 11.5 Å². The molecule has 2 aromatic carbocycles. The van der Waals surface area contributed by atoms with Crippen LogP contribution in [-0.2, 0) is 11.0 Å². The normalized spacial score (nSPS) is 18.4. The first kappa shape index (κ1) is 23.8. The van der Waals surface area contributed by atoms with Crippen LogP contribution in [0.1, 0.15) is 30.3 Å². The number of carbonyl (C=O) groups excluding carboxylic acids is 1. The molecule has 0 aliphatic carbocycles. The third-order valence-electron chi connectivity index (χ3n) is 5.26. The largest absolute Gasteiger partial charge is 0.452 e. The summed E-state index contributed by atoms with van der Waals surface area (Å²) in [6.07, 6.45) is -3.18. The van der Waals surface area contributed by atoms with E-state index in [4.69, 9.17) is 20.8 Å². The molecular formula is C23H20ClF3N4O3. The molecule has 0 unspecified atom stereocenters. The van der Waals surface area contributed by atoms with E-state index >= 15 is 0 Å². The van der Waals surface area contributed by atoms with Crippen LogP contribution >= 0.6 is 11.6 Å².